The molecule has 3 nitrogen and oxygen atoms in total. The Kier molecular flexibility index (Phi) is 5.07. The second kappa shape index (κ2) is 6.81. The van der Waals surface area contributed by atoms with Crippen LogP contribution in [0.2, 0.25) is 0 Å². The molecule has 0 spiro atoms. The zero-order valence-electron chi connectivity index (χ0n) is 13.1. The molecule has 2 N–H and O–H groups in total. The number of nitrogens with two attached hydrogens (primary N) is 1. The molecule has 1 aliphatic rings. The molecule has 112 valence electrons. The van der Waals surface area contributed by atoms with Crippen LogP contribution in [0.4, 0.5) is 0 Å². The third-order valence-corrected chi connectivity index (χ3v) is 4.10. The largest absolute Gasteiger partial charge is 0.312 e. The van der Waals surface area contributed by atoms with Crippen LogP contribution in [0.15, 0.2) is 40.4 Å². The van der Waals surface area contributed by atoms with Gasteiger partial charge in [-0.15, -0.1) is 0 Å². The Morgan fingerprint density at radius 2 is 2.00 bits per heavy atom. The molecule has 1 aromatic carbocycles. The Morgan fingerprint density at radius 1 is 1.29 bits per heavy atom. The standard InChI is InChI=1S/C18H24N2O/c1-4-13-7-5-6-8-15(13)14-9-16(20-11-19)18(12(2)3)17(21)10-14/h5-8,14H,4,9-11,19H2,1-3H3/b20-16-. The molecule has 21 heavy (non-hydrogen) atoms. The molecule has 1 saturated carbocycles. The summed E-state index contributed by atoms with van der Waals surface area (Å²) in [6.07, 6.45) is 2.36. The number of carbonyl (C=O) groups is 1. The number of rotatable bonds is 3. The molecule has 1 fully saturated rings. The van der Waals surface area contributed by atoms with Crippen molar-refractivity contribution in [1.82, 2.24) is 0 Å². The van der Waals surface area contributed by atoms with Crippen molar-refractivity contribution in [3.63, 3.8) is 0 Å². The Labute approximate surface area is 127 Å². The molecular formula is C18H24N2O. The molecule has 1 atom stereocenters. The number of carbonyl (C=O) groups excluding carboxylic acids is 1. The summed E-state index contributed by atoms with van der Waals surface area (Å²) in [4.78, 5) is 16.9. The summed E-state index contributed by atoms with van der Waals surface area (Å²) in [6.45, 7) is 6.33. The van der Waals surface area contributed by atoms with Crippen molar-refractivity contribution < 1.29 is 4.79 Å². The first kappa shape index (κ1) is 15.6. The smallest absolute Gasteiger partial charge is 0.165 e. The van der Waals surface area contributed by atoms with Gasteiger partial charge >= 0.3 is 0 Å². The van der Waals surface area contributed by atoms with Crippen LogP contribution in [0.25, 0.3) is 0 Å². The second-order valence-electron chi connectivity index (χ2n) is 5.74. The van der Waals surface area contributed by atoms with Gasteiger partial charge in [0, 0.05) is 17.7 Å². The molecular weight excluding hydrogens is 260 g/mol. The molecule has 3 heteroatoms. The quantitative estimate of drug-likeness (QED) is 0.865. The highest BCUT2D eigenvalue weighted by Crippen LogP contribution is 2.35. The fourth-order valence-electron chi connectivity index (χ4n) is 3.19. The number of hydrogen-bond donors (Lipinski definition) is 1. The summed E-state index contributed by atoms with van der Waals surface area (Å²) < 4.78 is 0. The number of aryl methyl sites for hydroxylation is 1. The zero-order chi connectivity index (χ0) is 15.4. The first-order valence-electron chi connectivity index (χ1n) is 7.60. The van der Waals surface area contributed by atoms with Crippen LogP contribution in [-0.4, -0.2) is 18.2 Å². The maximum absolute atomic E-state index is 12.5. The molecule has 0 amide bonds. The van der Waals surface area contributed by atoms with Gasteiger partial charge in [-0.05, 0) is 43.7 Å². The lowest BCUT2D eigenvalue weighted by Gasteiger charge is -2.27. The van der Waals surface area contributed by atoms with Gasteiger partial charge in [0.2, 0.25) is 0 Å². The molecule has 0 radical (unpaired) electrons. The lowest BCUT2D eigenvalue weighted by Crippen LogP contribution is -2.27. The van der Waals surface area contributed by atoms with Crippen molar-refractivity contribution in [2.75, 3.05) is 6.67 Å². The van der Waals surface area contributed by atoms with E-state index in [-0.39, 0.29) is 18.4 Å². The minimum atomic E-state index is 0.198. The SMILES string of the molecule is CCc1ccccc1C1CC(=O)C(=C(C)C)/C(=N\CN)C1. The summed E-state index contributed by atoms with van der Waals surface area (Å²) in [6, 6.07) is 8.40. The maximum Gasteiger partial charge on any atom is 0.165 e. The Morgan fingerprint density at radius 3 is 2.62 bits per heavy atom. The highest BCUT2D eigenvalue weighted by Gasteiger charge is 2.31. The predicted molar refractivity (Wildman–Crippen MR) is 87.7 cm³/mol. The van der Waals surface area contributed by atoms with Gasteiger partial charge in [0.25, 0.3) is 0 Å². The molecule has 0 saturated heterocycles. The lowest BCUT2D eigenvalue weighted by atomic mass is 9.77. The maximum atomic E-state index is 12.5. The molecule has 1 unspecified atom stereocenters. The zero-order valence-corrected chi connectivity index (χ0v) is 13.1. The topological polar surface area (TPSA) is 55.5 Å². The molecule has 1 aromatic rings. The van der Waals surface area contributed by atoms with Crippen LogP contribution in [-0.2, 0) is 11.2 Å². The molecule has 1 aliphatic carbocycles. The number of hydrogen-bond acceptors (Lipinski definition) is 3. The second-order valence-corrected chi connectivity index (χ2v) is 5.74. The van der Waals surface area contributed by atoms with E-state index in [0.717, 1.165) is 29.7 Å². The molecule has 0 heterocycles. The van der Waals surface area contributed by atoms with Gasteiger partial charge in [0.15, 0.2) is 5.78 Å². The summed E-state index contributed by atoms with van der Waals surface area (Å²) in [5.41, 5.74) is 10.9. The number of nitrogens with zero attached hydrogens (tertiary/aromatic N) is 1. The molecule has 0 aromatic heterocycles. The van der Waals surface area contributed by atoms with Gasteiger partial charge in [-0.1, -0.05) is 36.8 Å². The van der Waals surface area contributed by atoms with Gasteiger partial charge in [-0.2, -0.15) is 0 Å². The van der Waals surface area contributed by atoms with Crippen molar-refractivity contribution in [3.05, 3.63) is 46.5 Å². The number of benzene rings is 1. The molecule has 0 bridgehead atoms. The van der Waals surface area contributed by atoms with E-state index in [4.69, 9.17) is 5.73 Å². The lowest BCUT2D eigenvalue weighted by molar-refractivity contribution is -0.115. The van der Waals surface area contributed by atoms with Crippen LogP contribution < -0.4 is 5.73 Å². The Balaban J connectivity index is 2.40. The normalized spacial score (nSPS) is 21.0. The van der Waals surface area contributed by atoms with Crippen LogP contribution in [0, 0.1) is 0 Å². The highest BCUT2D eigenvalue weighted by atomic mass is 16.1. The van der Waals surface area contributed by atoms with Crippen LogP contribution in [0.5, 0.6) is 0 Å². The van der Waals surface area contributed by atoms with E-state index in [0.29, 0.717) is 6.42 Å². The van der Waals surface area contributed by atoms with Gasteiger partial charge in [-0.25, -0.2) is 0 Å². The third kappa shape index (κ3) is 3.30. The van der Waals surface area contributed by atoms with E-state index in [1.54, 1.807) is 0 Å². The van der Waals surface area contributed by atoms with Crippen molar-refractivity contribution >= 4 is 11.5 Å². The number of ketones is 1. The van der Waals surface area contributed by atoms with E-state index in [1.165, 1.54) is 11.1 Å². The van der Waals surface area contributed by atoms with Gasteiger partial charge in [-0.3, -0.25) is 9.79 Å². The highest BCUT2D eigenvalue weighted by molar-refractivity contribution is 6.25. The summed E-state index contributed by atoms with van der Waals surface area (Å²) in [5.74, 6) is 0.423. The van der Waals surface area contributed by atoms with Crippen molar-refractivity contribution in [2.24, 2.45) is 10.7 Å². The fraction of sp³-hybridized carbons (Fsp3) is 0.444. The predicted octanol–water partition coefficient (Wildman–Crippen LogP) is 3.39. The third-order valence-electron chi connectivity index (χ3n) is 4.10. The van der Waals surface area contributed by atoms with Crippen LogP contribution >= 0.6 is 0 Å². The number of allylic oxidation sites excluding steroid dienone is 2. The van der Waals surface area contributed by atoms with E-state index in [1.807, 2.05) is 13.8 Å². The average Bonchev–Trinajstić information content (AvgIpc) is 2.46. The van der Waals surface area contributed by atoms with Crippen molar-refractivity contribution in [2.45, 2.75) is 46.0 Å². The number of Topliss-reactive ketones (excluding diaryl/α,β-unsaturated/α-hetero) is 1. The molecule has 0 aliphatic heterocycles. The van der Waals surface area contributed by atoms with Gasteiger partial charge in [0.05, 0.1) is 6.67 Å². The first-order valence-corrected chi connectivity index (χ1v) is 7.60. The van der Waals surface area contributed by atoms with Crippen LogP contribution in [0.3, 0.4) is 0 Å². The van der Waals surface area contributed by atoms with Gasteiger partial charge in [0.1, 0.15) is 0 Å². The van der Waals surface area contributed by atoms with E-state index in [9.17, 15) is 4.79 Å². The molecule has 2 rings (SSSR count). The Hall–Kier alpha value is -1.74. The van der Waals surface area contributed by atoms with Crippen LogP contribution in [0.1, 0.15) is 50.7 Å². The van der Waals surface area contributed by atoms with E-state index >= 15 is 0 Å². The minimum absolute atomic E-state index is 0.198. The van der Waals surface area contributed by atoms with Gasteiger partial charge < -0.3 is 5.73 Å². The first-order chi connectivity index (χ1) is 10.1. The monoisotopic (exact) mass is 284 g/mol. The van der Waals surface area contributed by atoms with Crippen molar-refractivity contribution in [1.29, 1.82) is 0 Å². The summed E-state index contributed by atoms with van der Waals surface area (Å²) in [7, 11) is 0. The number of aliphatic imine (C=N–C) groups is 1. The van der Waals surface area contributed by atoms with Crippen molar-refractivity contribution in [3.8, 4) is 0 Å². The fourth-order valence-corrected chi connectivity index (χ4v) is 3.19. The Bertz CT molecular complexity index is 595. The average molecular weight is 284 g/mol. The van der Waals surface area contributed by atoms with E-state index in [2.05, 4.69) is 36.2 Å². The summed E-state index contributed by atoms with van der Waals surface area (Å²) >= 11 is 0. The summed E-state index contributed by atoms with van der Waals surface area (Å²) in [5, 5.41) is 0. The minimum Gasteiger partial charge on any atom is -0.312 e. The van der Waals surface area contributed by atoms with E-state index < -0.39 is 0 Å².